The normalized spacial score (nSPS) is 16.9. The van der Waals surface area contributed by atoms with Gasteiger partial charge in [-0.15, -0.1) is 0 Å². The van der Waals surface area contributed by atoms with Crippen LogP contribution in [0.3, 0.4) is 0 Å². The van der Waals surface area contributed by atoms with Crippen molar-refractivity contribution in [3.8, 4) is 11.8 Å². The quantitative estimate of drug-likeness (QED) is 0.583. The molecule has 0 radical (unpaired) electrons. The second kappa shape index (κ2) is 4.33. The van der Waals surface area contributed by atoms with Crippen molar-refractivity contribution in [2.75, 3.05) is 0 Å². The highest BCUT2D eigenvalue weighted by Gasteiger charge is 2.22. The van der Waals surface area contributed by atoms with Crippen molar-refractivity contribution in [1.82, 2.24) is 0 Å². The predicted octanol–water partition coefficient (Wildman–Crippen LogP) is 1.80. The first-order valence-electron chi connectivity index (χ1n) is 4.92. The number of rotatable bonds is 0. The smallest absolute Gasteiger partial charge is 0.119 e. The fourth-order valence-corrected chi connectivity index (χ4v) is 0.591. The Hall–Kier alpha value is -0.520. The summed E-state index contributed by atoms with van der Waals surface area (Å²) < 4.78 is 0. The second-order valence-electron chi connectivity index (χ2n) is 5.83. The SMILES string of the molecule is CC(C)(C)C(O)C#CC(O)C(C)(C)C. The van der Waals surface area contributed by atoms with Crippen LogP contribution in [0.2, 0.25) is 0 Å². The van der Waals surface area contributed by atoms with Gasteiger partial charge in [-0.3, -0.25) is 0 Å². The lowest BCUT2D eigenvalue weighted by Gasteiger charge is -2.23. The van der Waals surface area contributed by atoms with E-state index in [2.05, 4.69) is 11.8 Å². The first-order valence-corrected chi connectivity index (χ1v) is 4.92. The Morgan fingerprint density at radius 3 is 1.07 bits per heavy atom. The third-order valence-electron chi connectivity index (χ3n) is 2.00. The Labute approximate surface area is 87.3 Å². The zero-order valence-corrected chi connectivity index (χ0v) is 10.0. The molecule has 0 fully saturated rings. The standard InChI is InChI=1S/C12H22O2/c1-11(2,3)9(13)7-8-10(14)12(4,5)6/h9-10,13-14H,1-6H3. The Morgan fingerprint density at radius 1 is 0.714 bits per heavy atom. The van der Waals surface area contributed by atoms with Crippen molar-refractivity contribution in [2.45, 2.75) is 53.8 Å². The maximum atomic E-state index is 9.62. The molecule has 0 aliphatic carbocycles. The average Bonchev–Trinajstić information content (AvgIpc) is 1.95. The van der Waals surface area contributed by atoms with Gasteiger partial charge in [0, 0.05) is 0 Å². The van der Waals surface area contributed by atoms with Crippen molar-refractivity contribution in [3.63, 3.8) is 0 Å². The second-order valence-corrected chi connectivity index (χ2v) is 5.83. The van der Waals surface area contributed by atoms with Crippen LogP contribution in [0.25, 0.3) is 0 Å². The van der Waals surface area contributed by atoms with E-state index in [1.165, 1.54) is 0 Å². The van der Waals surface area contributed by atoms with Crippen LogP contribution in [-0.2, 0) is 0 Å². The summed E-state index contributed by atoms with van der Waals surface area (Å²) in [5.74, 6) is 5.37. The van der Waals surface area contributed by atoms with E-state index in [4.69, 9.17) is 0 Å². The van der Waals surface area contributed by atoms with E-state index < -0.39 is 12.2 Å². The number of aliphatic hydroxyl groups excluding tert-OH is 2. The van der Waals surface area contributed by atoms with Crippen LogP contribution in [0.5, 0.6) is 0 Å². The van der Waals surface area contributed by atoms with Crippen LogP contribution in [-0.4, -0.2) is 22.4 Å². The van der Waals surface area contributed by atoms with Crippen molar-refractivity contribution in [1.29, 1.82) is 0 Å². The molecule has 2 unspecified atom stereocenters. The molecule has 0 heterocycles. The molecule has 82 valence electrons. The van der Waals surface area contributed by atoms with Gasteiger partial charge in [0.1, 0.15) is 12.2 Å². The zero-order chi connectivity index (χ0) is 11.6. The van der Waals surface area contributed by atoms with Crippen LogP contribution in [0, 0.1) is 22.7 Å². The van der Waals surface area contributed by atoms with Gasteiger partial charge in [0.05, 0.1) is 0 Å². The minimum atomic E-state index is -0.695. The highest BCUT2D eigenvalue weighted by Crippen LogP contribution is 2.20. The van der Waals surface area contributed by atoms with E-state index in [1.807, 2.05) is 41.5 Å². The molecule has 0 rings (SSSR count). The first kappa shape index (κ1) is 13.5. The van der Waals surface area contributed by atoms with Gasteiger partial charge >= 0.3 is 0 Å². The molecule has 0 aliphatic heterocycles. The van der Waals surface area contributed by atoms with Gasteiger partial charge < -0.3 is 10.2 Å². The molecule has 0 spiro atoms. The van der Waals surface area contributed by atoms with Crippen molar-refractivity contribution < 1.29 is 10.2 Å². The number of aliphatic hydroxyl groups is 2. The van der Waals surface area contributed by atoms with Gasteiger partial charge in [0.25, 0.3) is 0 Å². The third-order valence-corrected chi connectivity index (χ3v) is 2.00. The van der Waals surface area contributed by atoms with Crippen LogP contribution in [0.1, 0.15) is 41.5 Å². The van der Waals surface area contributed by atoms with Crippen LogP contribution in [0.4, 0.5) is 0 Å². The lowest BCUT2D eigenvalue weighted by Crippen LogP contribution is -2.27. The van der Waals surface area contributed by atoms with E-state index in [0.717, 1.165) is 0 Å². The fourth-order valence-electron chi connectivity index (χ4n) is 0.591. The molecule has 14 heavy (non-hydrogen) atoms. The minimum absolute atomic E-state index is 0.259. The third kappa shape index (κ3) is 4.64. The summed E-state index contributed by atoms with van der Waals surface area (Å²) in [7, 11) is 0. The van der Waals surface area contributed by atoms with E-state index in [9.17, 15) is 10.2 Å². The topological polar surface area (TPSA) is 40.5 Å². The molecule has 0 bridgehead atoms. The molecule has 2 N–H and O–H groups in total. The summed E-state index contributed by atoms with van der Waals surface area (Å²) >= 11 is 0. The highest BCUT2D eigenvalue weighted by molar-refractivity contribution is 5.13. The van der Waals surface area contributed by atoms with Crippen LogP contribution < -0.4 is 0 Å². The summed E-state index contributed by atoms with van der Waals surface area (Å²) in [6, 6.07) is 0. The van der Waals surface area contributed by atoms with Gasteiger partial charge in [-0.2, -0.15) is 0 Å². The average molecular weight is 198 g/mol. The predicted molar refractivity (Wildman–Crippen MR) is 58.7 cm³/mol. The van der Waals surface area contributed by atoms with E-state index in [0.29, 0.717) is 0 Å². The van der Waals surface area contributed by atoms with Gasteiger partial charge in [-0.25, -0.2) is 0 Å². The minimum Gasteiger partial charge on any atom is -0.380 e. The van der Waals surface area contributed by atoms with Gasteiger partial charge in [0.15, 0.2) is 0 Å². The highest BCUT2D eigenvalue weighted by atomic mass is 16.3. The Morgan fingerprint density at radius 2 is 0.929 bits per heavy atom. The maximum absolute atomic E-state index is 9.62. The molecule has 0 saturated carbocycles. The van der Waals surface area contributed by atoms with Crippen molar-refractivity contribution in [3.05, 3.63) is 0 Å². The van der Waals surface area contributed by atoms with Gasteiger partial charge in [-0.1, -0.05) is 53.4 Å². The lowest BCUT2D eigenvalue weighted by molar-refractivity contribution is 0.104. The molecule has 2 heteroatoms. The lowest BCUT2D eigenvalue weighted by atomic mass is 9.87. The summed E-state index contributed by atoms with van der Waals surface area (Å²) in [5.41, 5.74) is -0.519. The molecule has 2 atom stereocenters. The van der Waals surface area contributed by atoms with E-state index >= 15 is 0 Å². The number of hydrogen-bond acceptors (Lipinski definition) is 2. The van der Waals surface area contributed by atoms with Gasteiger partial charge in [0.2, 0.25) is 0 Å². The molecule has 0 aliphatic rings. The molecule has 0 saturated heterocycles. The largest absolute Gasteiger partial charge is 0.380 e. The molecule has 0 aromatic carbocycles. The monoisotopic (exact) mass is 198 g/mol. The summed E-state index contributed by atoms with van der Waals surface area (Å²) in [6.45, 7) is 11.5. The molecule has 2 nitrogen and oxygen atoms in total. The van der Waals surface area contributed by atoms with Crippen LogP contribution in [0.15, 0.2) is 0 Å². The van der Waals surface area contributed by atoms with E-state index in [-0.39, 0.29) is 10.8 Å². The maximum Gasteiger partial charge on any atom is 0.119 e. The molecule has 0 aromatic heterocycles. The van der Waals surface area contributed by atoms with E-state index in [1.54, 1.807) is 0 Å². The van der Waals surface area contributed by atoms with Crippen molar-refractivity contribution in [2.24, 2.45) is 10.8 Å². The molecular weight excluding hydrogens is 176 g/mol. The first-order chi connectivity index (χ1) is 6.05. The molecular formula is C12H22O2. The summed E-state index contributed by atoms with van der Waals surface area (Å²) in [5, 5.41) is 19.2. The Bertz CT molecular complexity index is 208. The summed E-state index contributed by atoms with van der Waals surface area (Å²) in [4.78, 5) is 0. The molecule has 0 amide bonds. The summed E-state index contributed by atoms with van der Waals surface area (Å²) in [6.07, 6.45) is -1.39. The van der Waals surface area contributed by atoms with Crippen molar-refractivity contribution >= 4 is 0 Å². The van der Waals surface area contributed by atoms with Gasteiger partial charge in [-0.05, 0) is 10.8 Å². The molecule has 0 aromatic rings. The fraction of sp³-hybridized carbons (Fsp3) is 0.833. The zero-order valence-electron chi connectivity index (χ0n) is 10.0. The Kier molecular flexibility index (Phi) is 4.17. The van der Waals surface area contributed by atoms with Crippen LogP contribution >= 0.6 is 0 Å². The Balaban J connectivity index is 4.46. The number of hydrogen-bond donors (Lipinski definition) is 2.